The Morgan fingerprint density at radius 1 is 1.20 bits per heavy atom. The van der Waals surface area contributed by atoms with Gasteiger partial charge in [-0.1, -0.05) is 44.5 Å². The number of nitrogens with one attached hydrogen (secondary N) is 1. The van der Waals surface area contributed by atoms with Gasteiger partial charge in [0.25, 0.3) is 0 Å². The second-order valence-corrected chi connectivity index (χ2v) is 4.79. The van der Waals surface area contributed by atoms with Crippen molar-refractivity contribution in [2.24, 2.45) is 0 Å². The molecule has 0 bridgehead atoms. The summed E-state index contributed by atoms with van der Waals surface area (Å²) < 4.78 is 0. The van der Waals surface area contributed by atoms with Crippen LogP contribution >= 0.6 is 0 Å². The molecule has 0 aliphatic carbocycles. The molecule has 1 fully saturated rings. The zero-order valence-electron chi connectivity index (χ0n) is 9.79. The van der Waals surface area contributed by atoms with E-state index in [1.807, 2.05) is 0 Å². The van der Waals surface area contributed by atoms with Crippen molar-refractivity contribution in [3.8, 4) is 0 Å². The van der Waals surface area contributed by atoms with Crippen molar-refractivity contribution in [3.63, 3.8) is 0 Å². The van der Waals surface area contributed by atoms with Crippen LogP contribution in [0.25, 0.3) is 0 Å². The quantitative estimate of drug-likeness (QED) is 0.774. The van der Waals surface area contributed by atoms with Gasteiger partial charge in [0.05, 0.1) is 0 Å². The molecule has 82 valence electrons. The highest BCUT2D eigenvalue weighted by atomic mass is 14.9. The van der Waals surface area contributed by atoms with E-state index in [0.717, 1.165) is 0 Å². The first-order valence-corrected chi connectivity index (χ1v) is 6.11. The Balaban J connectivity index is 2.25. The predicted molar refractivity (Wildman–Crippen MR) is 65.1 cm³/mol. The fourth-order valence-corrected chi connectivity index (χ4v) is 2.47. The fourth-order valence-electron chi connectivity index (χ4n) is 2.47. The molecule has 2 rings (SSSR count). The van der Waals surface area contributed by atoms with Crippen molar-refractivity contribution in [3.05, 3.63) is 35.4 Å². The molecule has 15 heavy (non-hydrogen) atoms. The Morgan fingerprint density at radius 3 is 2.67 bits per heavy atom. The largest absolute Gasteiger partial charge is 0.310 e. The second-order valence-electron chi connectivity index (χ2n) is 4.79. The highest BCUT2D eigenvalue weighted by Gasteiger charge is 2.18. The van der Waals surface area contributed by atoms with Crippen molar-refractivity contribution in [2.45, 2.75) is 45.1 Å². The molecule has 0 amide bonds. The van der Waals surface area contributed by atoms with E-state index in [1.165, 1.54) is 36.9 Å². The maximum absolute atomic E-state index is 3.63. The molecule has 0 saturated carbocycles. The van der Waals surface area contributed by atoms with Crippen LogP contribution in [0, 0.1) is 0 Å². The summed E-state index contributed by atoms with van der Waals surface area (Å²) >= 11 is 0. The molecule has 1 atom stereocenters. The highest BCUT2D eigenvalue weighted by molar-refractivity contribution is 5.32. The predicted octanol–water partition coefficient (Wildman–Crippen LogP) is 3.62. The third-order valence-corrected chi connectivity index (χ3v) is 3.30. The molecule has 1 aliphatic heterocycles. The van der Waals surface area contributed by atoms with E-state index in [9.17, 15) is 0 Å². The lowest BCUT2D eigenvalue weighted by molar-refractivity contribution is 0.409. The summed E-state index contributed by atoms with van der Waals surface area (Å²) in [6.45, 7) is 5.74. The zero-order valence-corrected chi connectivity index (χ0v) is 9.79. The molecule has 1 aliphatic rings. The number of hydrogen-bond donors (Lipinski definition) is 1. The Bertz CT molecular complexity index is 311. The molecule has 1 aromatic rings. The topological polar surface area (TPSA) is 12.0 Å². The van der Waals surface area contributed by atoms with Gasteiger partial charge < -0.3 is 5.32 Å². The van der Waals surface area contributed by atoms with Gasteiger partial charge in [0.15, 0.2) is 0 Å². The Morgan fingerprint density at radius 2 is 2.00 bits per heavy atom. The van der Waals surface area contributed by atoms with Gasteiger partial charge >= 0.3 is 0 Å². The minimum Gasteiger partial charge on any atom is -0.310 e. The summed E-state index contributed by atoms with van der Waals surface area (Å²) in [5, 5.41) is 3.63. The van der Waals surface area contributed by atoms with Crippen molar-refractivity contribution >= 4 is 0 Å². The van der Waals surface area contributed by atoms with Crippen LogP contribution in [0.3, 0.4) is 0 Å². The van der Waals surface area contributed by atoms with Crippen molar-refractivity contribution in [2.75, 3.05) is 6.54 Å². The van der Waals surface area contributed by atoms with Gasteiger partial charge in [-0.2, -0.15) is 0 Å². The molecule has 1 aromatic carbocycles. The van der Waals surface area contributed by atoms with Crippen LogP contribution in [0.15, 0.2) is 24.3 Å². The van der Waals surface area contributed by atoms with Crippen LogP contribution < -0.4 is 5.32 Å². The van der Waals surface area contributed by atoms with E-state index in [-0.39, 0.29) is 0 Å². The first kappa shape index (κ1) is 10.7. The van der Waals surface area contributed by atoms with Crippen molar-refractivity contribution in [1.82, 2.24) is 5.32 Å². The van der Waals surface area contributed by atoms with Crippen LogP contribution in [0.2, 0.25) is 0 Å². The first-order valence-electron chi connectivity index (χ1n) is 6.11. The molecular formula is C14H21N. The second kappa shape index (κ2) is 4.80. The average molecular weight is 203 g/mol. The number of piperidine rings is 1. The van der Waals surface area contributed by atoms with Gasteiger partial charge in [-0.15, -0.1) is 0 Å². The normalized spacial score (nSPS) is 21.9. The zero-order chi connectivity index (χ0) is 10.7. The van der Waals surface area contributed by atoms with Gasteiger partial charge in [0, 0.05) is 6.04 Å². The summed E-state index contributed by atoms with van der Waals surface area (Å²) in [5.41, 5.74) is 3.03. The smallest absolute Gasteiger partial charge is 0.0323 e. The van der Waals surface area contributed by atoms with Gasteiger partial charge in [-0.3, -0.25) is 0 Å². The lowest BCUT2D eigenvalue weighted by Gasteiger charge is -2.26. The molecular weight excluding hydrogens is 182 g/mol. The summed E-state index contributed by atoms with van der Waals surface area (Å²) in [4.78, 5) is 0. The number of rotatable bonds is 2. The first-order chi connectivity index (χ1) is 7.29. The number of benzene rings is 1. The molecule has 1 saturated heterocycles. The summed E-state index contributed by atoms with van der Waals surface area (Å²) in [6.07, 6.45) is 3.99. The van der Waals surface area contributed by atoms with Crippen molar-refractivity contribution < 1.29 is 0 Å². The van der Waals surface area contributed by atoms with Crippen LogP contribution in [0.4, 0.5) is 0 Å². The summed E-state index contributed by atoms with van der Waals surface area (Å²) in [6, 6.07) is 9.48. The van der Waals surface area contributed by atoms with Crippen LogP contribution in [-0.2, 0) is 0 Å². The summed E-state index contributed by atoms with van der Waals surface area (Å²) in [7, 11) is 0. The average Bonchev–Trinajstić information content (AvgIpc) is 2.30. The van der Waals surface area contributed by atoms with Crippen LogP contribution in [0.5, 0.6) is 0 Å². The highest BCUT2D eigenvalue weighted by Crippen LogP contribution is 2.29. The molecule has 1 heterocycles. The lowest BCUT2D eigenvalue weighted by Crippen LogP contribution is -2.27. The van der Waals surface area contributed by atoms with E-state index >= 15 is 0 Å². The minimum atomic E-state index is 0.595. The van der Waals surface area contributed by atoms with E-state index < -0.39 is 0 Å². The maximum Gasteiger partial charge on any atom is 0.0323 e. The monoisotopic (exact) mass is 203 g/mol. The van der Waals surface area contributed by atoms with Gasteiger partial charge in [-0.05, 0) is 36.4 Å². The van der Waals surface area contributed by atoms with Gasteiger partial charge in [0.1, 0.15) is 0 Å². The molecule has 0 aromatic heterocycles. The maximum atomic E-state index is 3.63. The van der Waals surface area contributed by atoms with Crippen molar-refractivity contribution in [1.29, 1.82) is 0 Å². The third-order valence-electron chi connectivity index (χ3n) is 3.30. The minimum absolute atomic E-state index is 0.595. The Labute approximate surface area is 92.9 Å². The van der Waals surface area contributed by atoms with E-state index in [1.54, 1.807) is 0 Å². The lowest BCUT2D eigenvalue weighted by atomic mass is 9.89. The van der Waals surface area contributed by atoms with E-state index in [0.29, 0.717) is 12.0 Å². The standard InChI is InChI=1S/C14H21N/c1-11(2)12-7-3-4-8-13(12)14-9-5-6-10-15-14/h3-4,7-8,11,14-15H,5-6,9-10H2,1-2H3/t14-/m1/s1. The number of hydrogen-bond acceptors (Lipinski definition) is 1. The van der Waals surface area contributed by atoms with Gasteiger partial charge in [0.2, 0.25) is 0 Å². The Hall–Kier alpha value is -0.820. The Kier molecular flexibility index (Phi) is 3.42. The SMILES string of the molecule is CC(C)c1ccccc1[C@H]1CCCCN1. The van der Waals surface area contributed by atoms with Gasteiger partial charge in [-0.25, -0.2) is 0 Å². The summed E-state index contributed by atoms with van der Waals surface area (Å²) in [5.74, 6) is 0.630. The molecule has 1 N–H and O–H groups in total. The van der Waals surface area contributed by atoms with Crippen LogP contribution in [0.1, 0.15) is 56.2 Å². The fraction of sp³-hybridized carbons (Fsp3) is 0.571. The molecule has 0 unspecified atom stereocenters. The van der Waals surface area contributed by atoms with E-state index in [2.05, 4.69) is 43.4 Å². The third kappa shape index (κ3) is 2.40. The molecule has 1 heteroatoms. The molecule has 0 spiro atoms. The molecule has 1 nitrogen and oxygen atoms in total. The van der Waals surface area contributed by atoms with Crippen LogP contribution in [-0.4, -0.2) is 6.54 Å². The molecule has 0 radical (unpaired) electrons. The van der Waals surface area contributed by atoms with E-state index in [4.69, 9.17) is 0 Å².